The quantitative estimate of drug-likeness (QED) is 0.879. The highest BCUT2D eigenvalue weighted by Gasteiger charge is 2.34. The van der Waals surface area contributed by atoms with Crippen LogP contribution in [0.3, 0.4) is 0 Å². The van der Waals surface area contributed by atoms with Gasteiger partial charge in [0.1, 0.15) is 11.9 Å². The monoisotopic (exact) mass is 234 g/mol. The Kier molecular flexibility index (Phi) is 2.44. The second-order valence-corrected chi connectivity index (χ2v) is 4.95. The van der Waals surface area contributed by atoms with Crippen molar-refractivity contribution in [3.05, 3.63) is 35.8 Å². The summed E-state index contributed by atoms with van der Waals surface area (Å²) in [5.74, 6) is 0.867. The van der Waals surface area contributed by atoms with Crippen LogP contribution in [0.2, 0.25) is 0 Å². The number of furan rings is 1. The third-order valence-corrected chi connectivity index (χ3v) is 3.67. The molecule has 0 spiro atoms. The first-order valence-electron chi connectivity index (χ1n) is 6.03. The van der Waals surface area contributed by atoms with Crippen molar-refractivity contribution in [2.24, 2.45) is 11.8 Å². The van der Waals surface area contributed by atoms with Crippen molar-refractivity contribution in [2.45, 2.75) is 25.9 Å². The van der Waals surface area contributed by atoms with Crippen LogP contribution in [0, 0.1) is 17.7 Å². The molecule has 3 heteroatoms. The van der Waals surface area contributed by atoms with Crippen LogP contribution in [0.25, 0.3) is 11.0 Å². The molecule has 3 rings (SSSR count). The first kappa shape index (κ1) is 10.8. The molecule has 0 bridgehead atoms. The molecule has 1 N–H and O–H groups in total. The van der Waals surface area contributed by atoms with E-state index in [4.69, 9.17) is 4.42 Å². The molecule has 17 heavy (non-hydrogen) atoms. The number of halogens is 1. The first-order valence-corrected chi connectivity index (χ1v) is 6.03. The van der Waals surface area contributed by atoms with Crippen LogP contribution in [-0.2, 0) is 0 Å². The predicted octanol–water partition coefficient (Wildman–Crippen LogP) is 3.65. The van der Waals surface area contributed by atoms with Crippen LogP contribution >= 0.6 is 0 Å². The zero-order valence-corrected chi connectivity index (χ0v) is 9.69. The molecule has 90 valence electrons. The standard InChI is InChI=1S/C14H15FO2/c1-8(9-5-6-9)13(16)12-7-10-3-2-4-11(15)14(10)17-12/h2-4,7-9,13,16H,5-6H2,1H3. The van der Waals surface area contributed by atoms with Crippen LogP contribution in [0.15, 0.2) is 28.7 Å². The minimum Gasteiger partial charge on any atom is -0.455 e. The van der Waals surface area contributed by atoms with Crippen LogP contribution in [0.4, 0.5) is 4.39 Å². The fraction of sp³-hybridized carbons (Fsp3) is 0.429. The van der Waals surface area contributed by atoms with Gasteiger partial charge in [-0.3, -0.25) is 0 Å². The maximum atomic E-state index is 13.5. The highest BCUT2D eigenvalue weighted by atomic mass is 19.1. The van der Waals surface area contributed by atoms with Crippen molar-refractivity contribution in [3.63, 3.8) is 0 Å². The fourth-order valence-electron chi connectivity index (χ4n) is 2.33. The van der Waals surface area contributed by atoms with E-state index in [-0.39, 0.29) is 17.3 Å². The van der Waals surface area contributed by atoms with Gasteiger partial charge >= 0.3 is 0 Å². The number of aliphatic hydroxyl groups is 1. The van der Waals surface area contributed by atoms with Gasteiger partial charge in [0.05, 0.1) is 0 Å². The van der Waals surface area contributed by atoms with Gasteiger partial charge in [-0.15, -0.1) is 0 Å². The van der Waals surface area contributed by atoms with Gasteiger partial charge in [0.15, 0.2) is 11.4 Å². The minimum atomic E-state index is -0.630. The van der Waals surface area contributed by atoms with Gasteiger partial charge in [-0.05, 0) is 36.8 Å². The molecule has 0 aliphatic heterocycles. The Hall–Kier alpha value is -1.35. The van der Waals surface area contributed by atoms with Crippen LogP contribution in [-0.4, -0.2) is 5.11 Å². The van der Waals surface area contributed by atoms with E-state index in [1.807, 2.05) is 6.92 Å². The van der Waals surface area contributed by atoms with Crippen LogP contribution in [0.1, 0.15) is 31.6 Å². The lowest BCUT2D eigenvalue weighted by molar-refractivity contribution is 0.0851. The molecule has 1 aliphatic rings. The zero-order valence-electron chi connectivity index (χ0n) is 9.69. The lowest BCUT2D eigenvalue weighted by Gasteiger charge is -2.15. The number of benzene rings is 1. The Balaban J connectivity index is 1.97. The second-order valence-electron chi connectivity index (χ2n) is 4.95. The second kappa shape index (κ2) is 3.84. The lowest BCUT2D eigenvalue weighted by Crippen LogP contribution is -2.10. The lowest BCUT2D eigenvalue weighted by atomic mass is 9.97. The molecular formula is C14H15FO2. The van der Waals surface area contributed by atoms with Crippen LogP contribution < -0.4 is 0 Å². The molecule has 1 aromatic carbocycles. The summed E-state index contributed by atoms with van der Waals surface area (Å²) in [6.07, 6.45) is 1.72. The third kappa shape index (κ3) is 1.84. The molecule has 2 unspecified atom stereocenters. The molecule has 1 fully saturated rings. The van der Waals surface area contributed by atoms with Crippen molar-refractivity contribution in [3.8, 4) is 0 Å². The van der Waals surface area contributed by atoms with E-state index >= 15 is 0 Å². The van der Waals surface area contributed by atoms with Gasteiger partial charge in [-0.1, -0.05) is 19.1 Å². The van der Waals surface area contributed by atoms with Gasteiger partial charge in [0.2, 0.25) is 0 Å². The van der Waals surface area contributed by atoms with Gasteiger partial charge < -0.3 is 9.52 Å². The number of rotatable bonds is 3. The van der Waals surface area contributed by atoms with E-state index < -0.39 is 6.10 Å². The van der Waals surface area contributed by atoms with E-state index in [0.717, 1.165) is 0 Å². The molecule has 2 nitrogen and oxygen atoms in total. The van der Waals surface area contributed by atoms with Crippen molar-refractivity contribution < 1.29 is 13.9 Å². The molecule has 2 atom stereocenters. The number of para-hydroxylation sites is 1. The zero-order chi connectivity index (χ0) is 12.0. The van der Waals surface area contributed by atoms with E-state index in [0.29, 0.717) is 17.1 Å². The van der Waals surface area contributed by atoms with Gasteiger partial charge in [-0.2, -0.15) is 0 Å². The topological polar surface area (TPSA) is 33.4 Å². The molecular weight excluding hydrogens is 219 g/mol. The van der Waals surface area contributed by atoms with E-state index in [2.05, 4.69) is 0 Å². The van der Waals surface area contributed by atoms with E-state index in [9.17, 15) is 9.50 Å². The summed E-state index contributed by atoms with van der Waals surface area (Å²) in [6.45, 7) is 2.02. The highest BCUT2D eigenvalue weighted by molar-refractivity contribution is 5.78. The molecule has 1 heterocycles. The molecule has 1 saturated carbocycles. The Morgan fingerprint density at radius 2 is 2.18 bits per heavy atom. The van der Waals surface area contributed by atoms with E-state index in [1.54, 1.807) is 18.2 Å². The average Bonchev–Trinajstić information content (AvgIpc) is 3.07. The number of hydrogen-bond acceptors (Lipinski definition) is 2. The molecule has 2 aromatic rings. The summed E-state index contributed by atoms with van der Waals surface area (Å²) in [6, 6.07) is 6.54. The van der Waals surface area contributed by atoms with Gasteiger partial charge in [-0.25, -0.2) is 4.39 Å². The minimum absolute atomic E-state index is 0.179. The summed E-state index contributed by atoms with van der Waals surface area (Å²) >= 11 is 0. The normalized spacial score (nSPS) is 19.5. The Labute approximate surface area is 99.1 Å². The number of fused-ring (bicyclic) bond motifs is 1. The smallest absolute Gasteiger partial charge is 0.170 e. The third-order valence-electron chi connectivity index (χ3n) is 3.67. The fourth-order valence-corrected chi connectivity index (χ4v) is 2.33. The SMILES string of the molecule is CC(C1CC1)C(O)c1cc2cccc(F)c2o1. The molecule has 0 amide bonds. The number of hydrogen-bond donors (Lipinski definition) is 1. The summed E-state index contributed by atoms with van der Waals surface area (Å²) in [4.78, 5) is 0. The molecule has 1 aliphatic carbocycles. The van der Waals surface area contributed by atoms with Gasteiger partial charge in [0, 0.05) is 5.39 Å². The first-order chi connectivity index (χ1) is 8.16. The predicted molar refractivity (Wildman–Crippen MR) is 63.0 cm³/mol. The van der Waals surface area contributed by atoms with Crippen LogP contribution in [0.5, 0.6) is 0 Å². The maximum Gasteiger partial charge on any atom is 0.170 e. The average molecular weight is 234 g/mol. The highest BCUT2D eigenvalue weighted by Crippen LogP contribution is 2.43. The molecule has 0 saturated heterocycles. The van der Waals surface area contributed by atoms with Crippen molar-refractivity contribution in [1.82, 2.24) is 0 Å². The molecule has 0 radical (unpaired) electrons. The Morgan fingerprint density at radius 3 is 2.82 bits per heavy atom. The van der Waals surface area contributed by atoms with E-state index in [1.165, 1.54) is 18.9 Å². The number of aliphatic hydroxyl groups excluding tert-OH is 1. The Bertz CT molecular complexity index is 542. The van der Waals surface area contributed by atoms with Crippen molar-refractivity contribution >= 4 is 11.0 Å². The maximum absolute atomic E-state index is 13.5. The van der Waals surface area contributed by atoms with Crippen molar-refractivity contribution in [2.75, 3.05) is 0 Å². The Morgan fingerprint density at radius 1 is 1.41 bits per heavy atom. The summed E-state index contributed by atoms with van der Waals surface area (Å²) < 4.78 is 18.9. The summed E-state index contributed by atoms with van der Waals surface area (Å²) in [5, 5.41) is 10.9. The van der Waals surface area contributed by atoms with Gasteiger partial charge in [0.25, 0.3) is 0 Å². The summed E-state index contributed by atoms with van der Waals surface area (Å²) in [7, 11) is 0. The van der Waals surface area contributed by atoms with Crippen molar-refractivity contribution in [1.29, 1.82) is 0 Å². The largest absolute Gasteiger partial charge is 0.455 e. The molecule has 1 aromatic heterocycles. The summed E-state index contributed by atoms with van der Waals surface area (Å²) in [5.41, 5.74) is 0.240.